The topological polar surface area (TPSA) is 43.8 Å². The molecule has 2 aliphatic heterocycles. The Kier molecular flexibility index (Phi) is 6.07. The van der Waals surface area contributed by atoms with Crippen molar-refractivity contribution in [3.63, 3.8) is 0 Å². The number of hydrogen-bond donors (Lipinski definition) is 1. The molecule has 1 unspecified atom stereocenters. The molecule has 25 heavy (non-hydrogen) atoms. The van der Waals surface area contributed by atoms with Crippen LogP contribution < -0.4 is 0 Å². The van der Waals surface area contributed by atoms with Crippen LogP contribution in [0.25, 0.3) is 0 Å². The molecule has 0 radical (unpaired) electrons. The SMILES string of the molecule is CC1CCN(C(=O)C2CCN(CC(O)c3ccccc3F)CC2)CC1. The van der Waals surface area contributed by atoms with Gasteiger partial charge in [-0.2, -0.15) is 0 Å². The van der Waals surface area contributed by atoms with E-state index < -0.39 is 6.10 Å². The quantitative estimate of drug-likeness (QED) is 0.910. The highest BCUT2D eigenvalue weighted by atomic mass is 19.1. The fourth-order valence-corrected chi connectivity index (χ4v) is 3.94. The summed E-state index contributed by atoms with van der Waals surface area (Å²) in [5.41, 5.74) is 0.350. The van der Waals surface area contributed by atoms with Crippen LogP contribution in [0.5, 0.6) is 0 Å². The van der Waals surface area contributed by atoms with Gasteiger partial charge in [-0.25, -0.2) is 4.39 Å². The van der Waals surface area contributed by atoms with Gasteiger partial charge in [-0.1, -0.05) is 25.1 Å². The number of benzene rings is 1. The molecule has 1 amide bonds. The molecule has 2 aliphatic rings. The average molecular weight is 348 g/mol. The standard InChI is InChI=1S/C20H29FN2O2/c1-15-6-12-23(13-7-15)20(25)16-8-10-22(11-9-16)14-19(24)17-4-2-3-5-18(17)21/h2-5,15-16,19,24H,6-14H2,1H3. The molecule has 0 spiro atoms. The van der Waals surface area contributed by atoms with Crippen LogP contribution in [0.1, 0.15) is 44.3 Å². The van der Waals surface area contributed by atoms with Crippen molar-refractivity contribution in [1.82, 2.24) is 9.80 Å². The lowest BCUT2D eigenvalue weighted by atomic mass is 9.92. The first-order valence-electron chi connectivity index (χ1n) is 9.48. The summed E-state index contributed by atoms with van der Waals surface area (Å²) >= 11 is 0. The van der Waals surface area contributed by atoms with Crippen LogP contribution in [0.2, 0.25) is 0 Å². The maximum absolute atomic E-state index is 13.8. The van der Waals surface area contributed by atoms with Gasteiger partial charge in [0.1, 0.15) is 5.82 Å². The first kappa shape index (κ1) is 18.3. The molecule has 1 aromatic rings. The summed E-state index contributed by atoms with van der Waals surface area (Å²) in [5, 5.41) is 10.3. The predicted octanol–water partition coefficient (Wildman–Crippen LogP) is 2.83. The predicted molar refractivity (Wildman–Crippen MR) is 95.5 cm³/mol. The number of halogens is 1. The van der Waals surface area contributed by atoms with Crippen LogP contribution in [-0.2, 0) is 4.79 Å². The van der Waals surface area contributed by atoms with Gasteiger partial charge in [-0.15, -0.1) is 0 Å². The molecule has 0 saturated carbocycles. The molecule has 4 nitrogen and oxygen atoms in total. The van der Waals surface area contributed by atoms with Gasteiger partial charge >= 0.3 is 0 Å². The lowest BCUT2D eigenvalue weighted by molar-refractivity contribution is -0.138. The molecule has 1 atom stereocenters. The smallest absolute Gasteiger partial charge is 0.225 e. The molecule has 0 aromatic heterocycles. The molecule has 0 bridgehead atoms. The Morgan fingerprint density at radius 1 is 1.16 bits per heavy atom. The van der Waals surface area contributed by atoms with Crippen LogP contribution in [0, 0.1) is 17.7 Å². The lowest BCUT2D eigenvalue weighted by Gasteiger charge is -2.37. The summed E-state index contributed by atoms with van der Waals surface area (Å²) < 4.78 is 13.8. The van der Waals surface area contributed by atoms with E-state index in [1.807, 2.05) is 4.90 Å². The van der Waals surface area contributed by atoms with Crippen LogP contribution >= 0.6 is 0 Å². The molecular formula is C20H29FN2O2. The van der Waals surface area contributed by atoms with Gasteiger partial charge in [-0.05, 0) is 50.8 Å². The van der Waals surface area contributed by atoms with Crippen molar-refractivity contribution in [3.05, 3.63) is 35.6 Å². The number of nitrogens with zero attached hydrogens (tertiary/aromatic N) is 2. The van der Waals surface area contributed by atoms with Gasteiger partial charge in [0.25, 0.3) is 0 Å². The van der Waals surface area contributed by atoms with Crippen molar-refractivity contribution in [2.24, 2.45) is 11.8 Å². The molecule has 2 saturated heterocycles. The molecule has 2 fully saturated rings. The summed E-state index contributed by atoms with van der Waals surface area (Å²) in [6, 6.07) is 6.38. The van der Waals surface area contributed by atoms with Gasteiger partial charge in [0, 0.05) is 31.1 Å². The van der Waals surface area contributed by atoms with E-state index >= 15 is 0 Å². The molecular weight excluding hydrogens is 319 g/mol. The van der Waals surface area contributed by atoms with E-state index in [1.165, 1.54) is 6.07 Å². The van der Waals surface area contributed by atoms with Crippen molar-refractivity contribution in [2.75, 3.05) is 32.7 Å². The highest BCUT2D eigenvalue weighted by molar-refractivity contribution is 5.79. The summed E-state index contributed by atoms with van der Waals surface area (Å²) in [7, 11) is 0. The highest BCUT2D eigenvalue weighted by Gasteiger charge is 2.30. The van der Waals surface area contributed by atoms with E-state index in [9.17, 15) is 14.3 Å². The fourth-order valence-electron chi connectivity index (χ4n) is 3.94. The van der Waals surface area contributed by atoms with Crippen LogP contribution in [0.15, 0.2) is 24.3 Å². The maximum Gasteiger partial charge on any atom is 0.225 e. The summed E-state index contributed by atoms with van der Waals surface area (Å²) in [6.07, 6.45) is 3.06. The average Bonchev–Trinajstić information content (AvgIpc) is 2.63. The molecule has 1 aromatic carbocycles. The van der Waals surface area contributed by atoms with Gasteiger partial charge in [0.05, 0.1) is 6.10 Å². The number of aliphatic hydroxyl groups is 1. The molecule has 138 valence electrons. The Balaban J connectivity index is 1.47. The fraction of sp³-hybridized carbons (Fsp3) is 0.650. The number of hydrogen-bond acceptors (Lipinski definition) is 3. The van der Waals surface area contributed by atoms with E-state index in [0.717, 1.165) is 57.8 Å². The zero-order chi connectivity index (χ0) is 17.8. The Bertz CT molecular complexity index is 579. The number of aliphatic hydroxyl groups excluding tert-OH is 1. The second kappa shape index (κ2) is 8.28. The zero-order valence-corrected chi connectivity index (χ0v) is 15.0. The largest absolute Gasteiger partial charge is 0.387 e. The Morgan fingerprint density at radius 3 is 2.44 bits per heavy atom. The molecule has 5 heteroatoms. The van der Waals surface area contributed by atoms with Crippen molar-refractivity contribution in [2.45, 2.75) is 38.7 Å². The second-order valence-corrected chi connectivity index (χ2v) is 7.62. The minimum absolute atomic E-state index is 0.107. The zero-order valence-electron chi connectivity index (χ0n) is 15.0. The van der Waals surface area contributed by atoms with E-state index in [4.69, 9.17) is 0 Å². The number of rotatable bonds is 4. The van der Waals surface area contributed by atoms with Gasteiger partial charge in [-0.3, -0.25) is 4.79 Å². The normalized spacial score (nSPS) is 22.1. The van der Waals surface area contributed by atoms with E-state index in [2.05, 4.69) is 11.8 Å². The molecule has 0 aliphatic carbocycles. The first-order valence-corrected chi connectivity index (χ1v) is 9.48. The summed E-state index contributed by atoms with van der Waals surface area (Å²) in [5.74, 6) is 0.779. The Morgan fingerprint density at radius 2 is 1.80 bits per heavy atom. The van der Waals surface area contributed by atoms with E-state index in [-0.39, 0.29) is 11.7 Å². The Labute approximate surface area is 149 Å². The highest BCUT2D eigenvalue weighted by Crippen LogP contribution is 2.25. The molecule has 3 rings (SSSR count). The minimum atomic E-state index is -0.822. The number of carbonyl (C=O) groups excluding carboxylic acids is 1. The third kappa shape index (κ3) is 4.59. The van der Waals surface area contributed by atoms with Crippen molar-refractivity contribution < 1.29 is 14.3 Å². The number of carbonyl (C=O) groups is 1. The van der Waals surface area contributed by atoms with Crippen molar-refractivity contribution >= 4 is 5.91 Å². The monoisotopic (exact) mass is 348 g/mol. The van der Waals surface area contributed by atoms with Crippen LogP contribution in [0.3, 0.4) is 0 Å². The van der Waals surface area contributed by atoms with Gasteiger partial charge < -0.3 is 14.9 Å². The number of β-amino-alcohol motifs (C(OH)–C–C–N with tert-alkyl or cyclic N) is 1. The van der Waals surface area contributed by atoms with Gasteiger partial charge in [0.2, 0.25) is 5.91 Å². The van der Waals surface area contributed by atoms with E-state index in [1.54, 1.807) is 18.2 Å². The van der Waals surface area contributed by atoms with Gasteiger partial charge in [0.15, 0.2) is 0 Å². The number of amides is 1. The third-order valence-electron chi connectivity index (χ3n) is 5.73. The summed E-state index contributed by atoms with van der Waals surface area (Å²) in [4.78, 5) is 16.8. The summed E-state index contributed by atoms with van der Waals surface area (Å²) in [6.45, 7) is 6.03. The lowest BCUT2D eigenvalue weighted by Crippen LogP contribution is -2.45. The molecule has 1 N–H and O–H groups in total. The first-order chi connectivity index (χ1) is 12.0. The second-order valence-electron chi connectivity index (χ2n) is 7.62. The molecule has 2 heterocycles. The van der Waals surface area contributed by atoms with Crippen molar-refractivity contribution in [3.8, 4) is 0 Å². The van der Waals surface area contributed by atoms with Crippen molar-refractivity contribution in [1.29, 1.82) is 0 Å². The maximum atomic E-state index is 13.8. The van der Waals surface area contributed by atoms with Crippen LogP contribution in [0.4, 0.5) is 4.39 Å². The number of likely N-dealkylation sites (tertiary alicyclic amines) is 2. The minimum Gasteiger partial charge on any atom is -0.387 e. The third-order valence-corrected chi connectivity index (χ3v) is 5.73. The van der Waals surface area contributed by atoms with Crippen LogP contribution in [-0.4, -0.2) is 53.5 Å². The number of piperidine rings is 2. The van der Waals surface area contributed by atoms with E-state index in [0.29, 0.717) is 18.0 Å². The Hall–Kier alpha value is -1.46.